The molecule has 19 heavy (non-hydrogen) atoms. The quantitative estimate of drug-likeness (QED) is 0.609. The average molecular weight is 382 g/mol. The van der Waals surface area contributed by atoms with Crippen LogP contribution in [0.3, 0.4) is 0 Å². The molecule has 0 aliphatic heterocycles. The SMILES string of the molecule is Nc1cc(Br)ccc1Oc1c[nH]c2ccc(Br)cc12. The maximum atomic E-state index is 5.94. The van der Waals surface area contributed by atoms with Crippen molar-refractivity contribution in [2.24, 2.45) is 0 Å². The number of rotatable bonds is 2. The zero-order valence-corrected chi connectivity index (χ0v) is 13.0. The fourth-order valence-electron chi connectivity index (χ4n) is 1.88. The van der Waals surface area contributed by atoms with Crippen LogP contribution in [0.25, 0.3) is 10.9 Å². The molecule has 0 unspecified atom stereocenters. The topological polar surface area (TPSA) is 51.0 Å². The third-order valence-corrected chi connectivity index (χ3v) is 3.78. The standard InChI is InChI=1S/C14H10Br2N2O/c15-8-1-3-12-10(5-8)14(7-18-12)19-13-4-2-9(16)6-11(13)17/h1-7,18H,17H2. The highest BCUT2D eigenvalue weighted by Crippen LogP contribution is 2.35. The van der Waals surface area contributed by atoms with Crippen LogP contribution in [0.4, 0.5) is 5.69 Å². The Labute approximate surface area is 127 Å². The first-order valence-corrected chi connectivity index (χ1v) is 7.21. The summed E-state index contributed by atoms with van der Waals surface area (Å²) in [6, 6.07) is 11.6. The smallest absolute Gasteiger partial charge is 0.152 e. The van der Waals surface area contributed by atoms with Crippen LogP contribution < -0.4 is 10.5 Å². The molecule has 0 radical (unpaired) electrons. The highest BCUT2D eigenvalue weighted by molar-refractivity contribution is 9.10. The molecule has 0 amide bonds. The van der Waals surface area contributed by atoms with Crippen LogP contribution >= 0.6 is 31.9 Å². The van der Waals surface area contributed by atoms with E-state index >= 15 is 0 Å². The fourth-order valence-corrected chi connectivity index (χ4v) is 2.62. The summed E-state index contributed by atoms with van der Waals surface area (Å²) >= 11 is 6.84. The summed E-state index contributed by atoms with van der Waals surface area (Å²) in [5, 5.41) is 1.01. The molecule has 0 saturated heterocycles. The van der Waals surface area contributed by atoms with Crippen molar-refractivity contribution in [3.05, 3.63) is 51.5 Å². The van der Waals surface area contributed by atoms with E-state index in [2.05, 4.69) is 36.8 Å². The molecule has 3 N–H and O–H groups in total. The van der Waals surface area contributed by atoms with Gasteiger partial charge in [0.2, 0.25) is 0 Å². The number of ether oxygens (including phenoxy) is 1. The Kier molecular flexibility index (Phi) is 3.24. The van der Waals surface area contributed by atoms with Crippen LogP contribution in [0.15, 0.2) is 51.5 Å². The summed E-state index contributed by atoms with van der Waals surface area (Å²) in [6.45, 7) is 0. The minimum atomic E-state index is 0.596. The van der Waals surface area contributed by atoms with Crippen LogP contribution in [0.1, 0.15) is 0 Å². The van der Waals surface area contributed by atoms with Gasteiger partial charge in [0, 0.05) is 26.0 Å². The molecule has 0 aliphatic rings. The first-order valence-electron chi connectivity index (χ1n) is 5.63. The van der Waals surface area contributed by atoms with Crippen molar-refractivity contribution >= 4 is 48.5 Å². The number of nitrogens with one attached hydrogen (secondary N) is 1. The lowest BCUT2D eigenvalue weighted by atomic mass is 10.2. The number of benzene rings is 2. The maximum absolute atomic E-state index is 5.94. The second-order valence-corrected chi connectivity index (χ2v) is 5.96. The lowest BCUT2D eigenvalue weighted by molar-refractivity contribution is 0.490. The van der Waals surface area contributed by atoms with Crippen molar-refractivity contribution in [3.63, 3.8) is 0 Å². The molecule has 3 nitrogen and oxygen atoms in total. The average Bonchev–Trinajstić information content (AvgIpc) is 2.75. The molecule has 0 bridgehead atoms. The highest BCUT2D eigenvalue weighted by Gasteiger charge is 2.08. The number of hydrogen-bond donors (Lipinski definition) is 2. The van der Waals surface area contributed by atoms with Crippen LogP contribution in [-0.2, 0) is 0 Å². The van der Waals surface area contributed by atoms with Gasteiger partial charge in [0.1, 0.15) is 5.75 Å². The van der Waals surface area contributed by atoms with E-state index in [1.165, 1.54) is 0 Å². The van der Waals surface area contributed by atoms with Gasteiger partial charge < -0.3 is 15.5 Å². The summed E-state index contributed by atoms with van der Waals surface area (Å²) in [5.74, 6) is 1.40. The van der Waals surface area contributed by atoms with E-state index in [1.54, 1.807) is 0 Å². The Hall–Kier alpha value is -1.46. The van der Waals surface area contributed by atoms with E-state index in [0.29, 0.717) is 11.4 Å². The van der Waals surface area contributed by atoms with E-state index < -0.39 is 0 Å². The zero-order chi connectivity index (χ0) is 13.4. The number of anilines is 1. The van der Waals surface area contributed by atoms with Gasteiger partial charge >= 0.3 is 0 Å². The molecule has 0 aliphatic carbocycles. The predicted octanol–water partition coefficient (Wildman–Crippen LogP) is 5.07. The number of aromatic nitrogens is 1. The Morgan fingerprint density at radius 1 is 0.947 bits per heavy atom. The van der Waals surface area contributed by atoms with Crippen LogP contribution in [0, 0.1) is 0 Å². The van der Waals surface area contributed by atoms with Crippen LogP contribution in [0.5, 0.6) is 11.5 Å². The predicted molar refractivity (Wildman–Crippen MR) is 84.6 cm³/mol. The first-order chi connectivity index (χ1) is 9.13. The van der Waals surface area contributed by atoms with Crippen LogP contribution in [0.2, 0.25) is 0 Å². The number of H-pyrrole nitrogens is 1. The van der Waals surface area contributed by atoms with Crippen molar-refractivity contribution in [2.75, 3.05) is 5.73 Å². The minimum absolute atomic E-state index is 0.596. The van der Waals surface area contributed by atoms with Gasteiger partial charge in [-0.05, 0) is 36.4 Å². The normalized spacial score (nSPS) is 10.8. The second kappa shape index (κ2) is 4.90. The summed E-state index contributed by atoms with van der Waals surface area (Å²) in [4.78, 5) is 3.17. The largest absolute Gasteiger partial charge is 0.453 e. The van der Waals surface area contributed by atoms with Gasteiger partial charge in [-0.25, -0.2) is 0 Å². The highest BCUT2D eigenvalue weighted by atomic mass is 79.9. The van der Waals surface area contributed by atoms with Crippen molar-refractivity contribution < 1.29 is 4.74 Å². The van der Waals surface area contributed by atoms with E-state index in [1.807, 2.05) is 42.6 Å². The molecule has 2 aromatic carbocycles. The molecule has 5 heteroatoms. The van der Waals surface area contributed by atoms with Gasteiger partial charge in [-0.15, -0.1) is 0 Å². The van der Waals surface area contributed by atoms with E-state index in [4.69, 9.17) is 10.5 Å². The van der Waals surface area contributed by atoms with Crippen LogP contribution in [-0.4, -0.2) is 4.98 Å². The third kappa shape index (κ3) is 2.48. The van der Waals surface area contributed by atoms with E-state index in [9.17, 15) is 0 Å². The zero-order valence-electron chi connectivity index (χ0n) is 9.78. The third-order valence-electron chi connectivity index (χ3n) is 2.80. The molecule has 0 spiro atoms. The second-order valence-electron chi connectivity index (χ2n) is 4.13. The number of nitrogens with two attached hydrogens (primary N) is 1. The number of nitrogen functional groups attached to an aromatic ring is 1. The summed E-state index contributed by atoms with van der Waals surface area (Å²) in [7, 11) is 0. The first kappa shape index (κ1) is 12.6. The molecule has 3 rings (SSSR count). The Morgan fingerprint density at radius 3 is 2.47 bits per heavy atom. The summed E-state index contributed by atoms with van der Waals surface area (Å²) in [6.07, 6.45) is 1.83. The number of fused-ring (bicyclic) bond motifs is 1. The Bertz CT molecular complexity index is 752. The molecular weight excluding hydrogens is 372 g/mol. The van der Waals surface area contributed by atoms with Crippen molar-refractivity contribution in [1.82, 2.24) is 4.98 Å². The van der Waals surface area contributed by atoms with Crippen molar-refractivity contribution in [1.29, 1.82) is 0 Å². The molecule has 0 saturated carbocycles. The van der Waals surface area contributed by atoms with E-state index in [0.717, 1.165) is 25.6 Å². The maximum Gasteiger partial charge on any atom is 0.152 e. The molecule has 1 heterocycles. The number of aromatic amines is 1. The van der Waals surface area contributed by atoms with Crippen molar-refractivity contribution in [2.45, 2.75) is 0 Å². The van der Waals surface area contributed by atoms with Gasteiger partial charge in [0.15, 0.2) is 5.75 Å². The number of hydrogen-bond acceptors (Lipinski definition) is 2. The van der Waals surface area contributed by atoms with Crippen molar-refractivity contribution in [3.8, 4) is 11.5 Å². The molecule has 0 atom stereocenters. The van der Waals surface area contributed by atoms with Gasteiger partial charge in [-0.1, -0.05) is 31.9 Å². The van der Waals surface area contributed by atoms with Gasteiger partial charge in [-0.2, -0.15) is 0 Å². The summed E-state index contributed by atoms with van der Waals surface area (Å²) < 4.78 is 7.81. The number of halogens is 2. The lowest BCUT2D eigenvalue weighted by Gasteiger charge is -2.07. The molecular formula is C14H10Br2N2O. The Balaban J connectivity index is 2.03. The lowest BCUT2D eigenvalue weighted by Crippen LogP contribution is -1.91. The monoisotopic (exact) mass is 380 g/mol. The van der Waals surface area contributed by atoms with E-state index in [-0.39, 0.29) is 0 Å². The Morgan fingerprint density at radius 2 is 1.68 bits per heavy atom. The summed E-state index contributed by atoms with van der Waals surface area (Å²) in [5.41, 5.74) is 7.56. The molecule has 96 valence electrons. The van der Waals surface area contributed by atoms with Gasteiger partial charge in [0.05, 0.1) is 5.69 Å². The molecule has 3 aromatic rings. The fraction of sp³-hybridized carbons (Fsp3) is 0. The van der Waals surface area contributed by atoms with Gasteiger partial charge in [-0.3, -0.25) is 0 Å². The minimum Gasteiger partial charge on any atom is -0.453 e. The molecule has 0 fully saturated rings. The van der Waals surface area contributed by atoms with Gasteiger partial charge in [0.25, 0.3) is 0 Å². The molecule has 1 aromatic heterocycles.